The van der Waals surface area contributed by atoms with Gasteiger partial charge >= 0.3 is 0 Å². The maximum absolute atomic E-state index is 2.26. The van der Waals surface area contributed by atoms with Gasteiger partial charge in [-0.3, -0.25) is 0 Å². The zero-order valence-electron chi connectivity index (χ0n) is 7.98. The van der Waals surface area contributed by atoms with E-state index in [0.29, 0.717) is 0 Å². The van der Waals surface area contributed by atoms with Crippen molar-refractivity contribution in [3.05, 3.63) is 0 Å². The van der Waals surface area contributed by atoms with Crippen LogP contribution in [0.25, 0.3) is 0 Å². The van der Waals surface area contributed by atoms with Crippen molar-refractivity contribution in [1.29, 1.82) is 0 Å². The summed E-state index contributed by atoms with van der Waals surface area (Å²) in [5.74, 6) is 2.02. The van der Waals surface area contributed by atoms with Crippen LogP contribution in [0.1, 0.15) is 53.4 Å². The largest absolute Gasteiger partial charge is 0.0651 e. The lowest BCUT2D eigenvalue weighted by atomic mass is 10.2. The Balaban J connectivity index is 0.000000162. The highest BCUT2D eigenvalue weighted by Crippen LogP contribution is 2.31. The van der Waals surface area contributed by atoms with E-state index in [0.717, 1.165) is 11.8 Å². The molecule has 1 aliphatic rings. The van der Waals surface area contributed by atoms with E-state index in [2.05, 4.69) is 27.7 Å². The molecule has 0 aliphatic heterocycles. The molecule has 0 heterocycles. The van der Waals surface area contributed by atoms with Gasteiger partial charge in [-0.05, 0) is 11.8 Å². The average molecular weight is 142 g/mol. The van der Waals surface area contributed by atoms with Gasteiger partial charge in [-0.25, -0.2) is 0 Å². The fourth-order valence-electron chi connectivity index (χ4n) is 0.526. The molecule has 10 heavy (non-hydrogen) atoms. The van der Waals surface area contributed by atoms with Gasteiger partial charge in [0.25, 0.3) is 0 Å². The molecule has 0 atom stereocenters. The fraction of sp³-hybridized carbons (Fsp3) is 1.00. The molecular weight excluding hydrogens is 120 g/mol. The minimum atomic E-state index is 0.884. The summed E-state index contributed by atoms with van der Waals surface area (Å²) in [4.78, 5) is 0. The van der Waals surface area contributed by atoms with E-state index in [9.17, 15) is 0 Å². The molecule has 0 aromatic carbocycles. The van der Waals surface area contributed by atoms with Gasteiger partial charge in [0.1, 0.15) is 0 Å². The van der Waals surface area contributed by atoms with Crippen molar-refractivity contribution in [2.45, 2.75) is 53.4 Å². The van der Waals surface area contributed by atoms with Crippen molar-refractivity contribution in [2.24, 2.45) is 11.8 Å². The zero-order valence-corrected chi connectivity index (χ0v) is 7.98. The average Bonchev–Trinajstić information content (AvgIpc) is 2.70. The molecular formula is C10H22. The third kappa shape index (κ3) is 8.00. The van der Waals surface area contributed by atoms with Gasteiger partial charge in [0, 0.05) is 0 Å². The predicted octanol–water partition coefficient (Wildman–Crippen LogP) is 3.86. The van der Waals surface area contributed by atoms with Gasteiger partial charge in [-0.15, -0.1) is 0 Å². The van der Waals surface area contributed by atoms with E-state index < -0.39 is 0 Å². The molecule has 1 rings (SSSR count). The first-order chi connectivity index (χ1) is 4.70. The van der Waals surface area contributed by atoms with Crippen LogP contribution in [0, 0.1) is 11.8 Å². The third-order valence-corrected chi connectivity index (χ3v) is 2.09. The molecule has 0 unspecified atom stereocenters. The van der Waals surface area contributed by atoms with Crippen LogP contribution in [0.4, 0.5) is 0 Å². The highest BCUT2D eigenvalue weighted by molar-refractivity contribution is 4.69. The molecule has 1 fully saturated rings. The second-order valence-corrected chi connectivity index (χ2v) is 3.65. The summed E-state index contributed by atoms with van der Waals surface area (Å²) in [5, 5.41) is 0. The van der Waals surface area contributed by atoms with Crippen LogP contribution in [0.15, 0.2) is 0 Å². The van der Waals surface area contributed by atoms with Crippen molar-refractivity contribution in [3.8, 4) is 0 Å². The van der Waals surface area contributed by atoms with Crippen LogP contribution in [-0.2, 0) is 0 Å². The third-order valence-electron chi connectivity index (χ3n) is 2.09. The van der Waals surface area contributed by atoms with E-state index in [-0.39, 0.29) is 0 Å². The molecule has 0 aromatic heterocycles. The van der Waals surface area contributed by atoms with Gasteiger partial charge in [-0.2, -0.15) is 0 Å². The lowest BCUT2D eigenvalue weighted by Crippen LogP contribution is -1.77. The maximum atomic E-state index is 2.26. The summed E-state index contributed by atoms with van der Waals surface area (Å²) in [6.45, 7) is 8.91. The second kappa shape index (κ2) is 5.76. The minimum absolute atomic E-state index is 0.884. The Kier molecular flexibility index (Phi) is 5.76. The second-order valence-electron chi connectivity index (χ2n) is 3.65. The summed E-state index contributed by atoms with van der Waals surface area (Å²) >= 11 is 0. The summed E-state index contributed by atoms with van der Waals surface area (Å²) < 4.78 is 0. The Hall–Kier alpha value is 0. The van der Waals surface area contributed by atoms with Crippen molar-refractivity contribution in [1.82, 2.24) is 0 Å². The van der Waals surface area contributed by atoms with Gasteiger partial charge < -0.3 is 0 Å². The summed E-state index contributed by atoms with van der Waals surface area (Å²) in [6, 6.07) is 0. The van der Waals surface area contributed by atoms with Crippen molar-refractivity contribution < 1.29 is 0 Å². The molecule has 0 spiro atoms. The van der Waals surface area contributed by atoms with Gasteiger partial charge in [-0.1, -0.05) is 53.4 Å². The quantitative estimate of drug-likeness (QED) is 0.549. The van der Waals surface area contributed by atoms with Gasteiger partial charge in [0.2, 0.25) is 0 Å². The van der Waals surface area contributed by atoms with Crippen LogP contribution in [0.3, 0.4) is 0 Å². The molecule has 0 bridgehead atoms. The van der Waals surface area contributed by atoms with Gasteiger partial charge in [0.15, 0.2) is 0 Å². The monoisotopic (exact) mass is 142 g/mol. The fourth-order valence-corrected chi connectivity index (χ4v) is 0.526. The van der Waals surface area contributed by atoms with E-state index in [1.165, 1.54) is 25.7 Å². The van der Waals surface area contributed by atoms with E-state index in [1.807, 2.05) is 0 Å². The molecule has 1 aliphatic carbocycles. The van der Waals surface area contributed by atoms with Gasteiger partial charge in [0.05, 0.1) is 0 Å². The van der Waals surface area contributed by atoms with E-state index in [1.54, 1.807) is 0 Å². The molecule has 0 amide bonds. The normalized spacial score (nSPS) is 16.5. The Morgan fingerprint density at radius 1 is 1.20 bits per heavy atom. The van der Waals surface area contributed by atoms with Crippen molar-refractivity contribution >= 4 is 0 Å². The Morgan fingerprint density at radius 2 is 1.60 bits per heavy atom. The summed E-state index contributed by atoms with van der Waals surface area (Å²) in [6.07, 6.45) is 5.74. The van der Waals surface area contributed by atoms with Crippen LogP contribution >= 0.6 is 0 Å². The van der Waals surface area contributed by atoms with Crippen LogP contribution in [0.5, 0.6) is 0 Å². The molecule has 0 saturated heterocycles. The first kappa shape index (κ1) is 10.0. The Bertz CT molecular complexity index is 58.4. The van der Waals surface area contributed by atoms with Crippen molar-refractivity contribution in [2.75, 3.05) is 0 Å². The first-order valence-corrected chi connectivity index (χ1v) is 4.70. The standard InChI is InChI=1S/C5H10.C5H12/c1-2-5-3-4-5;1-4-5(2)3/h5H,2-4H2,1H3;5H,4H2,1-3H3. The SMILES string of the molecule is CCC(C)C.CCC1CC1. The minimum Gasteiger partial charge on any atom is -0.0651 e. The summed E-state index contributed by atoms with van der Waals surface area (Å²) in [7, 11) is 0. The van der Waals surface area contributed by atoms with E-state index >= 15 is 0 Å². The smallest absolute Gasteiger partial charge is 0.0417 e. The van der Waals surface area contributed by atoms with Crippen molar-refractivity contribution in [3.63, 3.8) is 0 Å². The van der Waals surface area contributed by atoms with Crippen LogP contribution < -0.4 is 0 Å². The van der Waals surface area contributed by atoms with E-state index in [4.69, 9.17) is 0 Å². The summed E-state index contributed by atoms with van der Waals surface area (Å²) in [5.41, 5.74) is 0. The zero-order chi connectivity index (χ0) is 7.98. The topological polar surface area (TPSA) is 0 Å². The number of rotatable bonds is 2. The number of hydrogen-bond donors (Lipinski definition) is 0. The maximum Gasteiger partial charge on any atom is -0.0417 e. The highest BCUT2D eigenvalue weighted by atomic mass is 14.2. The highest BCUT2D eigenvalue weighted by Gasteiger charge is 2.17. The number of hydrogen-bond acceptors (Lipinski definition) is 0. The lowest BCUT2D eigenvalue weighted by Gasteiger charge is -1.90. The Labute approximate surface area is 66.0 Å². The van der Waals surface area contributed by atoms with Crippen LogP contribution in [0.2, 0.25) is 0 Å². The molecule has 0 N–H and O–H groups in total. The molecule has 0 radical (unpaired) electrons. The molecule has 1 saturated carbocycles. The Morgan fingerprint density at radius 3 is 1.60 bits per heavy atom. The molecule has 0 heteroatoms. The molecule has 0 aromatic rings. The predicted molar refractivity (Wildman–Crippen MR) is 48.1 cm³/mol. The molecule has 0 nitrogen and oxygen atoms in total. The lowest BCUT2D eigenvalue weighted by molar-refractivity contribution is 0.626. The van der Waals surface area contributed by atoms with Crippen LogP contribution in [-0.4, -0.2) is 0 Å². The molecule has 62 valence electrons. The first-order valence-electron chi connectivity index (χ1n) is 4.70.